The second-order valence-electron chi connectivity index (χ2n) is 5.14. The van der Waals surface area contributed by atoms with Gasteiger partial charge in [-0.1, -0.05) is 25.5 Å². The lowest BCUT2D eigenvalue weighted by molar-refractivity contribution is -0.159. The minimum atomic E-state index is -0.844. The van der Waals surface area contributed by atoms with E-state index < -0.39 is 12.1 Å². The third-order valence-electron chi connectivity index (χ3n) is 3.38. The topological polar surface area (TPSA) is 65.1 Å². The first kappa shape index (κ1) is 16.1. The molecular formula is C16H21NO5. The number of likely N-dealkylation sites (N-methyl/N-ethyl adjacent to an activating group) is 1. The predicted octanol–water partition coefficient (Wildman–Crippen LogP) is 1.63. The van der Waals surface area contributed by atoms with E-state index in [1.54, 1.807) is 30.1 Å². The van der Waals surface area contributed by atoms with Crippen molar-refractivity contribution in [3.05, 3.63) is 24.3 Å². The van der Waals surface area contributed by atoms with Gasteiger partial charge in [-0.05, 0) is 18.6 Å². The third kappa shape index (κ3) is 4.13. The first-order chi connectivity index (χ1) is 10.6. The number of hydrogen-bond donors (Lipinski definition) is 0. The van der Waals surface area contributed by atoms with Crippen LogP contribution in [0.25, 0.3) is 0 Å². The van der Waals surface area contributed by atoms with E-state index in [4.69, 9.17) is 14.2 Å². The molecule has 1 unspecified atom stereocenters. The Morgan fingerprint density at radius 1 is 1.32 bits per heavy atom. The molecule has 0 aliphatic carbocycles. The van der Waals surface area contributed by atoms with Crippen LogP contribution in [0.2, 0.25) is 0 Å². The summed E-state index contributed by atoms with van der Waals surface area (Å²) in [6.45, 7) is 2.51. The largest absolute Gasteiger partial charge is 0.485 e. The zero-order valence-electron chi connectivity index (χ0n) is 12.9. The number of carbonyl (C=O) groups excluding carboxylic acids is 2. The first-order valence-corrected chi connectivity index (χ1v) is 7.41. The molecule has 0 fully saturated rings. The molecule has 1 heterocycles. The zero-order chi connectivity index (χ0) is 15.9. The number of rotatable bonds is 6. The van der Waals surface area contributed by atoms with Crippen LogP contribution in [-0.2, 0) is 14.3 Å². The fraction of sp³-hybridized carbons (Fsp3) is 0.500. The Labute approximate surface area is 129 Å². The highest BCUT2D eigenvalue weighted by atomic mass is 16.6. The Kier molecular flexibility index (Phi) is 5.63. The monoisotopic (exact) mass is 307 g/mol. The fourth-order valence-corrected chi connectivity index (χ4v) is 1.99. The molecule has 0 saturated carbocycles. The molecule has 0 aromatic heterocycles. The van der Waals surface area contributed by atoms with Gasteiger partial charge < -0.3 is 19.1 Å². The lowest BCUT2D eigenvalue weighted by atomic mass is 10.2. The fourth-order valence-electron chi connectivity index (χ4n) is 1.99. The quantitative estimate of drug-likeness (QED) is 0.747. The van der Waals surface area contributed by atoms with Gasteiger partial charge in [-0.15, -0.1) is 0 Å². The van der Waals surface area contributed by atoms with Gasteiger partial charge in [-0.2, -0.15) is 0 Å². The maximum Gasteiger partial charge on any atom is 0.351 e. The van der Waals surface area contributed by atoms with Crippen molar-refractivity contribution in [3.63, 3.8) is 0 Å². The number of unbranched alkanes of at least 4 members (excludes halogenated alkanes) is 1. The molecule has 1 aliphatic rings. The molecular weight excluding hydrogens is 286 g/mol. The molecule has 0 radical (unpaired) electrons. The van der Waals surface area contributed by atoms with E-state index in [1.807, 2.05) is 6.07 Å². The summed E-state index contributed by atoms with van der Waals surface area (Å²) in [5, 5.41) is 0. The minimum Gasteiger partial charge on any atom is -0.485 e. The van der Waals surface area contributed by atoms with Crippen molar-refractivity contribution >= 4 is 11.9 Å². The Morgan fingerprint density at radius 2 is 2.05 bits per heavy atom. The van der Waals surface area contributed by atoms with Crippen LogP contribution in [0.3, 0.4) is 0 Å². The van der Waals surface area contributed by atoms with Crippen LogP contribution in [-0.4, -0.2) is 49.7 Å². The van der Waals surface area contributed by atoms with Crippen molar-refractivity contribution in [1.29, 1.82) is 0 Å². The molecule has 0 N–H and O–H groups in total. The summed E-state index contributed by atoms with van der Waals surface area (Å²) in [7, 11) is 1.70. The summed E-state index contributed by atoms with van der Waals surface area (Å²) in [5.74, 6) is 0.287. The number of amides is 1. The van der Waals surface area contributed by atoms with Crippen LogP contribution < -0.4 is 9.47 Å². The smallest absolute Gasteiger partial charge is 0.351 e. The Morgan fingerprint density at radius 3 is 2.77 bits per heavy atom. The van der Waals surface area contributed by atoms with Crippen molar-refractivity contribution in [2.75, 3.05) is 26.8 Å². The summed E-state index contributed by atoms with van der Waals surface area (Å²) in [5.41, 5.74) is 0. The second-order valence-corrected chi connectivity index (χ2v) is 5.14. The number of hydrogen-bond acceptors (Lipinski definition) is 5. The standard InChI is InChI=1S/C16H21NO5/c1-3-4-9-17(2)15(18)11-21-16(19)14-10-20-12-7-5-6-8-13(12)22-14/h5-8,14H,3-4,9-11H2,1-2H3. The molecule has 22 heavy (non-hydrogen) atoms. The van der Waals surface area contributed by atoms with E-state index in [-0.39, 0.29) is 19.1 Å². The molecule has 1 aromatic carbocycles. The van der Waals surface area contributed by atoms with Gasteiger partial charge in [0.05, 0.1) is 0 Å². The van der Waals surface area contributed by atoms with Crippen molar-refractivity contribution in [3.8, 4) is 11.5 Å². The van der Waals surface area contributed by atoms with Gasteiger partial charge in [0.15, 0.2) is 18.1 Å². The summed E-state index contributed by atoms with van der Waals surface area (Å²) in [4.78, 5) is 25.3. The van der Waals surface area contributed by atoms with Gasteiger partial charge in [0.1, 0.15) is 6.61 Å². The SMILES string of the molecule is CCCCN(C)C(=O)COC(=O)C1COc2ccccc2O1. The van der Waals surface area contributed by atoms with Crippen LogP contribution in [0.15, 0.2) is 24.3 Å². The van der Waals surface area contributed by atoms with E-state index >= 15 is 0 Å². The van der Waals surface area contributed by atoms with Gasteiger partial charge >= 0.3 is 5.97 Å². The maximum atomic E-state index is 12.0. The number of carbonyl (C=O) groups is 2. The maximum absolute atomic E-state index is 12.0. The molecule has 1 amide bonds. The van der Waals surface area contributed by atoms with Crippen molar-refractivity contribution < 1.29 is 23.8 Å². The molecule has 120 valence electrons. The molecule has 0 saturated heterocycles. The summed E-state index contributed by atoms with van der Waals surface area (Å²) >= 11 is 0. The molecule has 1 atom stereocenters. The van der Waals surface area contributed by atoms with Gasteiger partial charge in [0, 0.05) is 13.6 Å². The predicted molar refractivity (Wildman–Crippen MR) is 79.9 cm³/mol. The van der Waals surface area contributed by atoms with Crippen LogP contribution >= 0.6 is 0 Å². The van der Waals surface area contributed by atoms with E-state index in [2.05, 4.69) is 6.92 Å². The van der Waals surface area contributed by atoms with Crippen molar-refractivity contribution in [2.45, 2.75) is 25.9 Å². The summed E-state index contributed by atoms with van der Waals surface area (Å²) < 4.78 is 16.0. The molecule has 0 spiro atoms. The van der Waals surface area contributed by atoms with E-state index in [0.29, 0.717) is 18.0 Å². The van der Waals surface area contributed by atoms with Crippen molar-refractivity contribution in [2.24, 2.45) is 0 Å². The van der Waals surface area contributed by atoms with Gasteiger partial charge in [-0.3, -0.25) is 4.79 Å². The van der Waals surface area contributed by atoms with Gasteiger partial charge in [-0.25, -0.2) is 4.79 Å². The summed E-state index contributed by atoms with van der Waals surface area (Å²) in [6.07, 6.45) is 1.08. The minimum absolute atomic E-state index is 0.0791. The number of para-hydroxylation sites is 2. The van der Waals surface area contributed by atoms with Crippen LogP contribution in [0.5, 0.6) is 11.5 Å². The zero-order valence-corrected chi connectivity index (χ0v) is 12.9. The van der Waals surface area contributed by atoms with Crippen molar-refractivity contribution in [1.82, 2.24) is 4.90 Å². The number of benzene rings is 1. The highest BCUT2D eigenvalue weighted by Gasteiger charge is 2.29. The van der Waals surface area contributed by atoms with Gasteiger partial charge in [0.25, 0.3) is 5.91 Å². The number of esters is 1. The highest BCUT2D eigenvalue weighted by molar-refractivity contribution is 5.82. The van der Waals surface area contributed by atoms with E-state index in [0.717, 1.165) is 12.8 Å². The third-order valence-corrected chi connectivity index (χ3v) is 3.38. The van der Waals surface area contributed by atoms with E-state index in [1.165, 1.54) is 0 Å². The average molecular weight is 307 g/mol. The molecule has 1 aliphatic heterocycles. The average Bonchev–Trinajstić information content (AvgIpc) is 2.56. The van der Waals surface area contributed by atoms with Crippen LogP contribution in [0, 0.1) is 0 Å². The molecule has 1 aromatic rings. The lowest BCUT2D eigenvalue weighted by Gasteiger charge is -2.25. The van der Waals surface area contributed by atoms with Crippen LogP contribution in [0.4, 0.5) is 0 Å². The number of nitrogens with zero attached hydrogens (tertiary/aromatic N) is 1. The summed E-state index contributed by atoms with van der Waals surface area (Å²) in [6, 6.07) is 7.11. The number of fused-ring (bicyclic) bond motifs is 1. The first-order valence-electron chi connectivity index (χ1n) is 7.41. The van der Waals surface area contributed by atoms with Crippen LogP contribution in [0.1, 0.15) is 19.8 Å². The Bertz CT molecular complexity index is 531. The second kappa shape index (κ2) is 7.68. The molecule has 6 heteroatoms. The highest BCUT2D eigenvalue weighted by Crippen LogP contribution is 2.31. The molecule has 2 rings (SSSR count). The Hall–Kier alpha value is -2.24. The lowest BCUT2D eigenvalue weighted by Crippen LogP contribution is -2.40. The molecule has 6 nitrogen and oxygen atoms in total. The van der Waals surface area contributed by atoms with Gasteiger partial charge in [0.2, 0.25) is 6.10 Å². The molecule has 0 bridgehead atoms. The number of ether oxygens (including phenoxy) is 3. The normalized spacial score (nSPS) is 16.0. The Balaban J connectivity index is 1.80. The van der Waals surface area contributed by atoms with E-state index in [9.17, 15) is 9.59 Å².